The predicted octanol–water partition coefficient (Wildman–Crippen LogP) is 7.17. The van der Waals surface area contributed by atoms with E-state index in [0.29, 0.717) is 17.3 Å². The molecule has 1 heterocycles. The average molecular weight is 867 g/mol. The van der Waals surface area contributed by atoms with Gasteiger partial charge in [0, 0.05) is 63.8 Å². The second-order valence-electron chi connectivity index (χ2n) is 7.33. The van der Waals surface area contributed by atoms with Gasteiger partial charge in [0.15, 0.2) is 0 Å². The number of aliphatic hydroxyl groups is 1. The van der Waals surface area contributed by atoms with Gasteiger partial charge in [-0.3, -0.25) is 6.08 Å². The topological polar surface area (TPSA) is 91.8 Å². The molecule has 8 heteroatoms. The van der Waals surface area contributed by atoms with Crippen LogP contribution in [0.3, 0.4) is 0 Å². The van der Waals surface area contributed by atoms with Gasteiger partial charge in [-0.15, -0.1) is 0 Å². The minimum absolute atomic E-state index is 0. The van der Waals surface area contributed by atoms with E-state index < -0.39 is 11.9 Å². The maximum atomic E-state index is 14.1. The summed E-state index contributed by atoms with van der Waals surface area (Å²) in [5, 5.41) is 19.1. The first kappa shape index (κ1) is 40.3. The number of aromatic hydroxyl groups is 1. The molecule has 190 valence electrons. The Morgan fingerprint density at radius 3 is 2.09 bits per heavy atom. The van der Waals surface area contributed by atoms with E-state index in [0.717, 1.165) is 18.4 Å². The van der Waals surface area contributed by atoms with Gasteiger partial charge >= 0.3 is 0 Å². The SMILES string of the molecule is CC.CCC(CC)n1cc(O)nc1-c1cc(C#C[C@@H](C)O)c(F)cc1C.[CH-]=CC(C)C.[NH2-].[U].[W]. The predicted molar refractivity (Wildman–Crippen MR) is 133 cm³/mol. The summed E-state index contributed by atoms with van der Waals surface area (Å²) < 4.78 is 16.1. The van der Waals surface area contributed by atoms with Crippen molar-refractivity contribution >= 4 is 0 Å². The standard InChI is InChI=1S/C19H23FN2O2.C5H9.C2H6.H2N.U.W/c1-5-15(6-2)22-11-18(24)21-19(22)16-10-14(8-7-13(4)23)17(20)9-12(16)3;1-4-5(2)3;1-2;;;/h9-11,13,15,23-24H,5-6H2,1-4H3;1,4-5H,2-3H3;1-2H3;1H2;;/q;-1;;-1;;/t13-;;;;;/m1...../s1. The molecule has 4 N–H and O–H groups in total. The molecule has 1 aromatic carbocycles. The number of hydrogen-bond acceptors (Lipinski definition) is 3. The Bertz CT molecular complexity index is 886. The Morgan fingerprint density at radius 2 is 1.68 bits per heavy atom. The van der Waals surface area contributed by atoms with E-state index in [1.807, 2.05) is 32.3 Å². The van der Waals surface area contributed by atoms with Crippen LogP contribution >= 0.6 is 0 Å². The molecule has 34 heavy (non-hydrogen) atoms. The van der Waals surface area contributed by atoms with E-state index in [9.17, 15) is 14.6 Å². The molecule has 1 aromatic heterocycles. The van der Waals surface area contributed by atoms with Crippen molar-refractivity contribution in [3.05, 3.63) is 54.1 Å². The zero-order chi connectivity index (χ0) is 24.1. The fraction of sp³-hybridized carbons (Fsp3) is 0.500. The smallest absolute Gasteiger partial charge is 0.229 e. The summed E-state index contributed by atoms with van der Waals surface area (Å²) in [4.78, 5) is 4.22. The number of imidazole rings is 1. The van der Waals surface area contributed by atoms with Crippen molar-refractivity contribution in [3.63, 3.8) is 0 Å². The monoisotopic (exact) mass is 867 g/mol. The third kappa shape index (κ3) is 13.3. The minimum atomic E-state index is -0.829. The average Bonchev–Trinajstić information content (AvgIpc) is 3.11. The van der Waals surface area contributed by atoms with Crippen LogP contribution in [0.25, 0.3) is 17.5 Å². The molecular formula is C26H40FN3O2UW-2. The molecule has 0 amide bonds. The second kappa shape index (κ2) is 21.4. The van der Waals surface area contributed by atoms with Crippen LogP contribution in [0, 0.1) is 68.2 Å². The van der Waals surface area contributed by atoms with E-state index in [1.54, 1.807) is 25.3 Å². The second-order valence-corrected chi connectivity index (χ2v) is 7.33. The molecule has 0 unspecified atom stereocenters. The van der Waals surface area contributed by atoms with Crippen molar-refractivity contribution < 1.29 is 66.8 Å². The van der Waals surface area contributed by atoms with Gasteiger partial charge in [-0.2, -0.15) is 4.98 Å². The van der Waals surface area contributed by atoms with Crippen molar-refractivity contribution in [1.29, 1.82) is 0 Å². The van der Waals surface area contributed by atoms with Crippen LogP contribution in [0.15, 0.2) is 24.4 Å². The molecule has 0 radical (unpaired) electrons. The van der Waals surface area contributed by atoms with Crippen LogP contribution in [-0.2, 0) is 21.1 Å². The van der Waals surface area contributed by atoms with Gasteiger partial charge in [0.2, 0.25) is 5.88 Å². The maximum absolute atomic E-state index is 14.1. The molecular weight excluding hydrogens is 827 g/mol. The zero-order valence-electron chi connectivity index (χ0n) is 21.7. The molecule has 0 saturated carbocycles. The first-order valence-corrected chi connectivity index (χ1v) is 11.0. The molecule has 5 nitrogen and oxygen atoms in total. The van der Waals surface area contributed by atoms with Crippen LogP contribution in [0.5, 0.6) is 5.88 Å². The molecule has 0 aliphatic rings. The van der Waals surface area contributed by atoms with Crippen molar-refractivity contribution in [2.24, 2.45) is 5.92 Å². The number of aromatic nitrogens is 2. The summed E-state index contributed by atoms with van der Waals surface area (Å²) in [6, 6.07) is 3.23. The molecule has 0 saturated heterocycles. The van der Waals surface area contributed by atoms with Gasteiger partial charge in [-0.05, 0) is 44.4 Å². The normalized spacial score (nSPS) is 10.0. The summed E-state index contributed by atoms with van der Waals surface area (Å²) in [6.45, 7) is 20.6. The Morgan fingerprint density at radius 1 is 1.18 bits per heavy atom. The van der Waals surface area contributed by atoms with Crippen molar-refractivity contribution in [1.82, 2.24) is 9.55 Å². The van der Waals surface area contributed by atoms with Crippen LogP contribution in [0.2, 0.25) is 0 Å². The van der Waals surface area contributed by atoms with Crippen LogP contribution < -0.4 is 0 Å². The molecule has 2 aromatic rings. The number of allylic oxidation sites excluding steroid dienone is 1. The third-order valence-electron chi connectivity index (χ3n) is 4.41. The number of aliphatic hydroxyl groups excluding tert-OH is 1. The van der Waals surface area contributed by atoms with Gasteiger partial charge in [0.05, 0.1) is 11.8 Å². The van der Waals surface area contributed by atoms with E-state index in [4.69, 9.17) is 6.58 Å². The van der Waals surface area contributed by atoms with Crippen molar-refractivity contribution in [2.75, 3.05) is 0 Å². The first-order chi connectivity index (χ1) is 14.6. The van der Waals surface area contributed by atoms with Crippen LogP contribution in [0.4, 0.5) is 4.39 Å². The van der Waals surface area contributed by atoms with E-state index in [2.05, 4.69) is 30.7 Å². The molecule has 1 atom stereocenters. The number of benzene rings is 1. The molecule has 2 rings (SSSR count). The van der Waals surface area contributed by atoms with Crippen molar-refractivity contribution in [2.45, 2.75) is 80.4 Å². The van der Waals surface area contributed by atoms with E-state index >= 15 is 0 Å². The number of halogens is 1. The molecule has 0 fully saturated rings. The van der Waals surface area contributed by atoms with Gasteiger partial charge in [-0.1, -0.05) is 59.3 Å². The maximum Gasteiger partial charge on any atom is 0.229 e. The van der Waals surface area contributed by atoms with Crippen molar-refractivity contribution in [3.8, 4) is 29.1 Å². The van der Waals surface area contributed by atoms with Gasteiger partial charge < -0.3 is 27.5 Å². The fourth-order valence-corrected chi connectivity index (χ4v) is 2.73. The Kier molecular flexibility index (Phi) is 25.4. The van der Waals surface area contributed by atoms with Gasteiger partial charge in [0.25, 0.3) is 0 Å². The quantitative estimate of drug-likeness (QED) is 0.247. The number of nitrogens with zero attached hydrogens (tertiary/aromatic N) is 2. The summed E-state index contributed by atoms with van der Waals surface area (Å²) in [5.41, 5.74) is 1.64. The van der Waals surface area contributed by atoms with Crippen LogP contribution in [0.1, 0.15) is 78.5 Å². The Balaban J connectivity index is -0.000000400. The summed E-state index contributed by atoms with van der Waals surface area (Å²) in [7, 11) is 0. The van der Waals surface area contributed by atoms with E-state index in [1.165, 1.54) is 13.0 Å². The third-order valence-corrected chi connectivity index (χ3v) is 4.41. The Hall–Kier alpha value is -0.880. The first-order valence-electron chi connectivity index (χ1n) is 11.0. The van der Waals surface area contributed by atoms with Gasteiger partial charge in [-0.25, -0.2) is 4.39 Å². The summed E-state index contributed by atoms with van der Waals surface area (Å²) in [6.07, 6.45) is 4.24. The minimum Gasteiger partial charge on any atom is -0.693 e. The van der Waals surface area contributed by atoms with Crippen LogP contribution in [-0.4, -0.2) is 25.9 Å². The summed E-state index contributed by atoms with van der Waals surface area (Å²) in [5.74, 6) is 5.85. The summed E-state index contributed by atoms with van der Waals surface area (Å²) >= 11 is 0. The van der Waals surface area contributed by atoms with Gasteiger partial charge in [0.1, 0.15) is 17.7 Å². The number of hydrogen-bond donors (Lipinski definition) is 2. The molecule has 0 bridgehead atoms. The van der Waals surface area contributed by atoms with E-state index in [-0.39, 0.29) is 75.8 Å². The number of nitrogens with two attached hydrogens (primary N) is 1. The largest absolute Gasteiger partial charge is 0.693 e. The number of rotatable bonds is 5. The zero-order valence-corrected chi connectivity index (χ0v) is 28.8. The Labute approximate surface area is 244 Å². The molecule has 0 aliphatic heterocycles. The molecule has 0 aliphatic carbocycles. The fourth-order valence-electron chi connectivity index (χ4n) is 2.73. The number of aryl methyl sites for hydroxylation is 1. The molecule has 0 spiro atoms.